The Morgan fingerprint density at radius 1 is 1.17 bits per heavy atom. The minimum absolute atomic E-state index is 0.0354. The molecule has 1 N–H and O–H groups in total. The van der Waals surface area contributed by atoms with Gasteiger partial charge in [0.05, 0.1) is 11.7 Å². The predicted molar refractivity (Wildman–Crippen MR) is 121 cm³/mol. The maximum atomic E-state index is 11.9. The number of rotatable bonds is 4. The molecule has 0 amide bonds. The van der Waals surface area contributed by atoms with E-state index in [0.29, 0.717) is 17.4 Å². The molecule has 3 saturated carbocycles. The largest absolute Gasteiger partial charge is 0.388 e. The number of hydrogen-bond donors (Lipinski definition) is 1. The van der Waals surface area contributed by atoms with Crippen LogP contribution in [0.25, 0.3) is 0 Å². The highest BCUT2D eigenvalue weighted by Gasteiger charge is 2.63. The van der Waals surface area contributed by atoms with Gasteiger partial charge in [-0.25, -0.2) is 4.98 Å². The van der Waals surface area contributed by atoms with Gasteiger partial charge in [-0.15, -0.1) is 0 Å². The Kier molecular flexibility index (Phi) is 5.19. The number of aryl methyl sites for hydroxylation is 1. The molecule has 1 heterocycles. The van der Waals surface area contributed by atoms with Crippen LogP contribution in [0.4, 0.5) is 0 Å². The van der Waals surface area contributed by atoms with Crippen LogP contribution in [0.15, 0.2) is 29.2 Å². The fourth-order valence-electron chi connectivity index (χ4n) is 7.90. The van der Waals surface area contributed by atoms with E-state index in [1.165, 1.54) is 32.1 Å². The normalized spacial score (nSPS) is 45.4. The molecule has 4 aliphatic rings. The van der Waals surface area contributed by atoms with Crippen molar-refractivity contribution in [2.24, 2.45) is 35.6 Å². The maximum absolute atomic E-state index is 11.9. The van der Waals surface area contributed by atoms with Crippen LogP contribution >= 0.6 is 11.8 Å². The van der Waals surface area contributed by atoms with Crippen LogP contribution in [0.1, 0.15) is 65.2 Å². The highest BCUT2D eigenvalue weighted by Crippen LogP contribution is 2.68. The zero-order valence-corrected chi connectivity index (χ0v) is 19.9. The van der Waals surface area contributed by atoms with Gasteiger partial charge >= 0.3 is 0 Å². The molecule has 1 aromatic rings. The first-order valence-electron chi connectivity index (χ1n) is 11.9. The molecule has 166 valence electrons. The summed E-state index contributed by atoms with van der Waals surface area (Å²) < 4.78 is 7.74. The smallest absolute Gasteiger partial charge is 0.167 e. The van der Waals surface area contributed by atoms with Crippen molar-refractivity contribution in [3.05, 3.63) is 24.0 Å². The average Bonchev–Trinajstić information content (AvgIpc) is 3.26. The summed E-state index contributed by atoms with van der Waals surface area (Å²) >= 11 is 1.73. The van der Waals surface area contributed by atoms with E-state index in [2.05, 4.69) is 29.5 Å². The van der Waals surface area contributed by atoms with Crippen molar-refractivity contribution in [3.63, 3.8) is 0 Å². The van der Waals surface area contributed by atoms with Gasteiger partial charge in [-0.3, -0.25) is 0 Å². The van der Waals surface area contributed by atoms with Crippen LogP contribution in [0.3, 0.4) is 0 Å². The van der Waals surface area contributed by atoms with E-state index in [0.717, 1.165) is 42.0 Å². The molecular weight excluding hydrogens is 392 g/mol. The second-order valence-electron chi connectivity index (χ2n) is 11.0. The highest BCUT2D eigenvalue weighted by atomic mass is 32.2. The van der Waals surface area contributed by atoms with Gasteiger partial charge in [0.25, 0.3) is 0 Å². The van der Waals surface area contributed by atoms with Crippen molar-refractivity contribution in [2.75, 3.05) is 12.9 Å². The Bertz CT molecular complexity index is 837. The summed E-state index contributed by atoms with van der Waals surface area (Å²) in [7, 11) is 3.89. The van der Waals surface area contributed by atoms with Crippen molar-refractivity contribution < 1.29 is 9.84 Å². The lowest BCUT2D eigenvalue weighted by molar-refractivity contribution is -0.116. The fourth-order valence-corrected chi connectivity index (χ4v) is 9.15. The summed E-state index contributed by atoms with van der Waals surface area (Å²) in [5.74, 6) is 2.96. The number of allylic oxidation sites excluding steroid dienone is 1. The van der Waals surface area contributed by atoms with Crippen molar-refractivity contribution in [3.8, 4) is 0 Å². The van der Waals surface area contributed by atoms with Crippen LogP contribution in [0.2, 0.25) is 0 Å². The first-order chi connectivity index (χ1) is 14.3. The molecule has 4 nitrogen and oxygen atoms in total. The number of aliphatic hydroxyl groups is 1. The van der Waals surface area contributed by atoms with Crippen molar-refractivity contribution in [1.29, 1.82) is 0 Å². The fraction of sp³-hybridized carbons (Fsp3) is 0.800. The zero-order chi connectivity index (χ0) is 21.1. The third-order valence-electron chi connectivity index (χ3n) is 9.91. The molecule has 0 radical (unpaired) electrons. The summed E-state index contributed by atoms with van der Waals surface area (Å²) in [6.45, 7) is 4.96. The number of methoxy groups -OCH3 is 1. The second kappa shape index (κ2) is 7.38. The van der Waals surface area contributed by atoms with Gasteiger partial charge in [-0.1, -0.05) is 37.3 Å². The van der Waals surface area contributed by atoms with E-state index in [4.69, 9.17) is 4.74 Å². The molecule has 0 aliphatic heterocycles. The SMILES string of the molecule is CO[C@@H]1C=C2CC[C@H]3[C@H]4CC[C@@](O)(CSc5nccn5C)[C@]4(C)CC[C@@H]3[C@@]2(C)CC1. The summed E-state index contributed by atoms with van der Waals surface area (Å²) in [6.07, 6.45) is 16.1. The molecule has 0 aromatic carbocycles. The second-order valence-corrected chi connectivity index (χ2v) is 11.9. The molecule has 30 heavy (non-hydrogen) atoms. The van der Waals surface area contributed by atoms with Crippen molar-refractivity contribution >= 4 is 11.8 Å². The zero-order valence-electron chi connectivity index (χ0n) is 19.1. The Morgan fingerprint density at radius 2 is 1.97 bits per heavy atom. The first kappa shape index (κ1) is 21.1. The lowest BCUT2D eigenvalue weighted by Crippen LogP contribution is -2.55. The van der Waals surface area contributed by atoms with Gasteiger partial charge in [-0.2, -0.15) is 0 Å². The van der Waals surface area contributed by atoms with Crippen LogP contribution in [-0.2, 0) is 11.8 Å². The first-order valence-corrected chi connectivity index (χ1v) is 12.9. The van der Waals surface area contributed by atoms with E-state index in [1.807, 2.05) is 26.6 Å². The molecule has 5 rings (SSSR count). The van der Waals surface area contributed by atoms with Gasteiger partial charge in [0, 0.05) is 37.7 Å². The molecule has 4 aliphatic carbocycles. The van der Waals surface area contributed by atoms with Gasteiger partial charge in [0.2, 0.25) is 0 Å². The van der Waals surface area contributed by atoms with Crippen LogP contribution in [0, 0.1) is 28.6 Å². The highest BCUT2D eigenvalue weighted by molar-refractivity contribution is 7.99. The lowest BCUT2D eigenvalue weighted by atomic mass is 9.46. The third-order valence-corrected chi connectivity index (χ3v) is 11.2. The van der Waals surface area contributed by atoms with Gasteiger partial charge in [0.1, 0.15) is 0 Å². The Labute approximate surface area is 185 Å². The van der Waals surface area contributed by atoms with Crippen LogP contribution < -0.4 is 0 Å². The van der Waals surface area contributed by atoms with E-state index >= 15 is 0 Å². The average molecular weight is 431 g/mol. The van der Waals surface area contributed by atoms with E-state index in [-0.39, 0.29) is 5.41 Å². The molecule has 5 heteroatoms. The molecule has 3 fully saturated rings. The molecule has 0 unspecified atom stereocenters. The number of fused-ring (bicyclic) bond motifs is 5. The predicted octanol–water partition coefficient (Wildman–Crippen LogP) is 5.22. The molecule has 1 aromatic heterocycles. The van der Waals surface area contributed by atoms with Crippen molar-refractivity contribution in [2.45, 2.75) is 82.1 Å². The van der Waals surface area contributed by atoms with Gasteiger partial charge < -0.3 is 14.4 Å². The lowest BCUT2D eigenvalue weighted by Gasteiger charge is -2.59. The molecule has 0 spiro atoms. The third kappa shape index (κ3) is 2.98. The minimum atomic E-state index is -0.579. The minimum Gasteiger partial charge on any atom is -0.388 e. The monoisotopic (exact) mass is 430 g/mol. The number of hydrogen-bond acceptors (Lipinski definition) is 4. The summed E-state index contributed by atoms with van der Waals surface area (Å²) in [6, 6.07) is 0. The Morgan fingerprint density at radius 3 is 2.70 bits per heavy atom. The van der Waals surface area contributed by atoms with Crippen molar-refractivity contribution in [1.82, 2.24) is 9.55 Å². The number of aromatic nitrogens is 2. The quantitative estimate of drug-likeness (QED) is 0.525. The van der Waals surface area contributed by atoms with Gasteiger partial charge in [0.15, 0.2) is 5.16 Å². The Hall–Kier alpha value is -0.780. The summed E-state index contributed by atoms with van der Waals surface area (Å²) in [5, 5.41) is 12.9. The molecule has 0 bridgehead atoms. The van der Waals surface area contributed by atoms with E-state index in [1.54, 1.807) is 17.3 Å². The number of imidazole rings is 1. The van der Waals surface area contributed by atoms with Crippen LogP contribution in [-0.4, -0.2) is 39.2 Å². The number of nitrogens with zero attached hydrogens (tertiary/aromatic N) is 2. The molecule has 7 atom stereocenters. The Balaban J connectivity index is 1.37. The van der Waals surface area contributed by atoms with E-state index in [9.17, 15) is 5.11 Å². The summed E-state index contributed by atoms with van der Waals surface area (Å²) in [4.78, 5) is 4.47. The van der Waals surface area contributed by atoms with Gasteiger partial charge in [-0.05, 0) is 74.5 Å². The summed E-state index contributed by atoms with van der Waals surface area (Å²) in [5.41, 5.74) is 1.48. The topological polar surface area (TPSA) is 47.3 Å². The maximum Gasteiger partial charge on any atom is 0.167 e. The van der Waals surface area contributed by atoms with Crippen LogP contribution in [0.5, 0.6) is 0 Å². The number of ether oxygens (including phenoxy) is 1. The number of thioether (sulfide) groups is 1. The van der Waals surface area contributed by atoms with E-state index < -0.39 is 5.60 Å². The molecule has 0 saturated heterocycles. The standard InChI is InChI=1S/C25H38N2O2S/c1-23-10-7-18(29-4)15-17(23)5-6-19-20(23)8-11-24(2)21(19)9-12-25(24,28)16-30-22-26-13-14-27(22)3/h13-15,18-21,28H,5-12,16H2,1-4H3/t18-,19+,20-,21+,23-,24+,25+/m0/s1. The molecular formula is C25H38N2O2S.